The Morgan fingerprint density at radius 2 is 1.30 bits per heavy atom. The lowest BCUT2D eigenvalue weighted by atomic mass is 10.1. The summed E-state index contributed by atoms with van der Waals surface area (Å²) in [6.45, 7) is 0. The smallest absolute Gasteiger partial charge is 0.366 e. The minimum atomic E-state index is -5.19. The summed E-state index contributed by atoms with van der Waals surface area (Å²) in [6, 6.07) is 4.43. The lowest BCUT2D eigenvalue weighted by molar-refractivity contribution is -0.143. The summed E-state index contributed by atoms with van der Waals surface area (Å²) in [5.74, 6) is -0.808. The second-order valence-electron chi connectivity index (χ2n) is 5.29. The summed E-state index contributed by atoms with van der Waals surface area (Å²) in [6.07, 6.45) is -10.4. The van der Waals surface area contributed by atoms with E-state index in [1.807, 2.05) is 4.72 Å². The van der Waals surface area contributed by atoms with Crippen LogP contribution in [0.3, 0.4) is 0 Å². The lowest BCUT2D eigenvalue weighted by Crippen LogP contribution is -2.17. The van der Waals surface area contributed by atoms with Crippen molar-refractivity contribution in [1.29, 1.82) is 0 Å². The summed E-state index contributed by atoms with van der Waals surface area (Å²) in [7, 11) is -4.78. The molecule has 2 rings (SSSR count). The number of alkyl halides is 6. The number of amides is 1. The fraction of sp³-hybridized carbons (Fsp3) is 0.133. The average Bonchev–Trinajstić information content (AvgIpc) is 2.53. The molecule has 0 aliphatic rings. The zero-order chi connectivity index (χ0) is 20.6. The maximum absolute atomic E-state index is 12.8. The maximum atomic E-state index is 12.8. The highest BCUT2D eigenvalue weighted by Crippen LogP contribution is 2.37. The van der Waals surface area contributed by atoms with E-state index in [0.717, 1.165) is 24.3 Å². The van der Waals surface area contributed by atoms with Crippen molar-refractivity contribution in [3.63, 3.8) is 0 Å². The van der Waals surface area contributed by atoms with E-state index in [2.05, 4.69) is 0 Å². The summed E-state index contributed by atoms with van der Waals surface area (Å²) in [4.78, 5) is 9.73. The zero-order valence-electron chi connectivity index (χ0n) is 13.0. The topological polar surface area (TPSA) is 89.3 Å². The lowest BCUT2D eigenvalue weighted by Gasteiger charge is -2.15. The number of hydrogen-bond donors (Lipinski definition) is 2. The third-order valence-electron chi connectivity index (χ3n) is 3.29. The monoisotopic (exact) mass is 412 g/mol. The Morgan fingerprint density at radius 1 is 0.852 bits per heavy atom. The first kappa shape index (κ1) is 20.6. The van der Waals surface area contributed by atoms with Crippen LogP contribution in [0.2, 0.25) is 0 Å². The molecule has 0 atom stereocenters. The largest absolute Gasteiger partial charge is 0.416 e. The van der Waals surface area contributed by atoms with Crippen molar-refractivity contribution in [2.75, 3.05) is 4.72 Å². The third kappa shape index (κ3) is 4.90. The first-order chi connectivity index (χ1) is 12.2. The Bertz CT molecular complexity index is 934. The number of sulfonamides is 1. The normalized spacial score (nSPS) is 12.7. The molecule has 0 aromatic heterocycles. The number of rotatable bonds is 4. The van der Waals surface area contributed by atoms with E-state index in [-0.39, 0.29) is 29.4 Å². The molecule has 0 heterocycles. The summed E-state index contributed by atoms with van der Waals surface area (Å²) in [5.41, 5.74) is 1.32. The molecule has 0 aliphatic carbocycles. The van der Waals surface area contributed by atoms with E-state index in [1.165, 1.54) is 0 Å². The quantitative estimate of drug-likeness (QED) is 0.752. The second kappa shape index (κ2) is 6.76. The Balaban J connectivity index is 2.49. The number of benzene rings is 2. The highest BCUT2D eigenvalue weighted by atomic mass is 32.2. The van der Waals surface area contributed by atoms with Crippen LogP contribution >= 0.6 is 0 Å². The van der Waals surface area contributed by atoms with Crippen molar-refractivity contribution in [1.82, 2.24) is 0 Å². The average molecular weight is 412 g/mol. The van der Waals surface area contributed by atoms with Gasteiger partial charge in [-0.1, -0.05) is 0 Å². The minimum Gasteiger partial charge on any atom is -0.366 e. The standard InChI is InChI=1S/C15H10F6N2O3S/c16-14(17,18)9-5-10(15(19,20)21)7-12(6-9)27(25,26)23-11-3-1-8(2-4-11)13(22)24/h1-7,23H,(H2,22,24). The Morgan fingerprint density at radius 3 is 1.67 bits per heavy atom. The van der Waals surface area contributed by atoms with Gasteiger partial charge in [0.25, 0.3) is 10.0 Å². The number of hydrogen-bond acceptors (Lipinski definition) is 3. The van der Waals surface area contributed by atoms with Crippen LogP contribution in [0.5, 0.6) is 0 Å². The van der Waals surface area contributed by atoms with Gasteiger partial charge in [0.15, 0.2) is 0 Å². The number of primary amides is 1. The fourth-order valence-electron chi connectivity index (χ4n) is 2.00. The van der Waals surface area contributed by atoms with Gasteiger partial charge >= 0.3 is 12.4 Å². The number of carbonyl (C=O) groups is 1. The first-order valence-corrected chi connectivity index (χ1v) is 8.40. The SMILES string of the molecule is NC(=O)c1ccc(NS(=O)(=O)c2cc(C(F)(F)F)cc(C(F)(F)F)c2)cc1. The molecule has 2 aromatic rings. The fourth-order valence-corrected chi connectivity index (χ4v) is 3.13. The third-order valence-corrected chi connectivity index (χ3v) is 4.65. The molecule has 0 saturated heterocycles. The van der Waals surface area contributed by atoms with Crippen molar-refractivity contribution < 1.29 is 39.6 Å². The van der Waals surface area contributed by atoms with Crippen molar-refractivity contribution in [3.05, 3.63) is 59.2 Å². The van der Waals surface area contributed by atoms with Crippen molar-refractivity contribution in [3.8, 4) is 0 Å². The molecule has 146 valence electrons. The molecular weight excluding hydrogens is 402 g/mol. The van der Waals surface area contributed by atoms with Crippen molar-refractivity contribution >= 4 is 21.6 Å². The minimum absolute atomic E-state index is 0.0244. The molecule has 2 aromatic carbocycles. The van der Waals surface area contributed by atoms with Crippen LogP contribution in [0.25, 0.3) is 0 Å². The van der Waals surface area contributed by atoms with E-state index in [9.17, 15) is 39.6 Å². The van der Waals surface area contributed by atoms with Gasteiger partial charge in [0.2, 0.25) is 5.91 Å². The predicted molar refractivity (Wildman–Crippen MR) is 82.2 cm³/mol. The number of nitrogens with two attached hydrogens (primary N) is 1. The summed E-state index contributed by atoms with van der Waals surface area (Å²) >= 11 is 0. The van der Waals surface area contributed by atoms with Crippen molar-refractivity contribution in [2.45, 2.75) is 17.2 Å². The molecule has 5 nitrogen and oxygen atoms in total. The Kier molecular flexibility index (Phi) is 5.14. The molecule has 0 spiro atoms. The van der Waals surface area contributed by atoms with Crippen LogP contribution in [0, 0.1) is 0 Å². The van der Waals surface area contributed by atoms with Crippen molar-refractivity contribution in [2.24, 2.45) is 5.73 Å². The molecule has 0 fully saturated rings. The second-order valence-corrected chi connectivity index (χ2v) is 6.97. The molecular formula is C15H10F6N2O3S. The molecule has 27 heavy (non-hydrogen) atoms. The maximum Gasteiger partial charge on any atom is 0.416 e. The molecule has 3 N–H and O–H groups in total. The van der Waals surface area contributed by atoms with E-state index < -0.39 is 44.3 Å². The molecule has 0 aliphatic heterocycles. The van der Waals surface area contributed by atoms with E-state index in [0.29, 0.717) is 0 Å². The van der Waals surface area contributed by atoms with Crippen LogP contribution in [0.15, 0.2) is 47.4 Å². The number of nitrogens with one attached hydrogen (secondary N) is 1. The molecule has 1 amide bonds. The van der Waals surface area contributed by atoms with Gasteiger partial charge in [-0.25, -0.2) is 8.42 Å². The van der Waals surface area contributed by atoms with Gasteiger partial charge in [-0.3, -0.25) is 9.52 Å². The molecule has 0 bridgehead atoms. The first-order valence-electron chi connectivity index (χ1n) is 6.92. The molecule has 0 unspecified atom stereocenters. The highest BCUT2D eigenvalue weighted by molar-refractivity contribution is 7.92. The van der Waals surface area contributed by atoms with Crippen LogP contribution in [0.4, 0.5) is 32.0 Å². The van der Waals surface area contributed by atoms with Gasteiger partial charge in [0.1, 0.15) is 0 Å². The highest BCUT2D eigenvalue weighted by Gasteiger charge is 2.38. The van der Waals surface area contributed by atoms with Crippen LogP contribution in [-0.2, 0) is 22.4 Å². The summed E-state index contributed by atoms with van der Waals surface area (Å²) in [5, 5.41) is 0. The van der Waals surface area contributed by atoms with Gasteiger partial charge in [0.05, 0.1) is 16.0 Å². The zero-order valence-corrected chi connectivity index (χ0v) is 13.8. The molecule has 12 heteroatoms. The Labute approximate surface area is 148 Å². The van der Waals surface area contributed by atoms with E-state index in [1.54, 1.807) is 0 Å². The number of anilines is 1. The van der Waals surface area contributed by atoms with Crippen LogP contribution in [0.1, 0.15) is 21.5 Å². The van der Waals surface area contributed by atoms with Gasteiger partial charge in [-0.05, 0) is 42.5 Å². The summed E-state index contributed by atoms with van der Waals surface area (Å²) < 4.78 is 103. The van der Waals surface area contributed by atoms with Crippen LogP contribution < -0.4 is 10.5 Å². The molecule has 0 radical (unpaired) electrons. The number of carbonyl (C=O) groups excluding carboxylic acids is 1. The van der Waals surface area contributed by atoms with Gasteiger partial charge in [-0.15, -0.1) is 0 Å². The predicted octanol–water partition coefficient (Wildman–Crippen LogP) is 3.62. The Hall–Kier alpha value is -2.76. The van der Waals surface area contributed by atoms with Gasteiger partial charge in [0, 0.05) is 11.3 Å². The molecule has 0 saturated carbocycles. The van der Waals surface area contributed by atoms with Gasteiger partial charge in [-0.2, -0.15) is 26.3 Å². The van der Waals surface area contributed by atoms with E-state index >= 15 is 0 Å². The number of halogens is 6. The van der Waals surface area contributed by atoms with Crippen LogP contribution in [-0.4, -0.2) is 14.3 Å². The van der Waals surface area contributed by atoms with E-state index in [4.69, 9.17) is 5.73 Å². The van der Waals surface area contributed by atoms with Gasteiger partial charge < -0.3 is 5.73 Å².